The molecule has 0 saturated carbocycles. The molecule has 0 bridgehead atoms. The molecule has 21 heavy (non-hydrogen) atoms. The van der Waals surface area contributed by atoms with Crippen molar-refractivity contribution in [1.29, 1.82) is 0 Å². The van der Waals surface area contributed by atoms with Crippen LogP contribution in [-0.4, -0.2) is 26.1 Å². The summed E-state index contributed by atoms with van der Waals surface area (Å²) in [5, 5.41) is 4.11. The summed E-state index contributed by atoms with van der Waals surface area (Å²) in [5.41, 5.74) is 3.56. The summed E-state index contributed by atoms with van der Waals surface area (Å²) in [7, 11) is 5.76. The van der Waals surface area contributed by atoms with Crippen LogP contribution in [0, 0.1) is 0 Å². The van der Waals surface area contributed by atoms with E-state index in [4.69, 9.17) is 16.3 Å². The molecule has 0 saturated heterocycles. The van der Waals surface area contributed by atoms with Crippen LogP contribution in [0.25, 0.3) is 0 Å². The largest absolute Gasteiger partial charge is 0.495 e. The number of para-hydroxylation sites is 1. The zero-order valence-electron chi connectivity index (χ0n) is 12.7. The van der Waals surface area contributed by atoms with Gasteiger partial charge in [0, 0.05) is 18.8 Å². The highest BCUT2D eigenvalue weighted by Gasteiger charge is 2.05. The lowest BCUT2D eigenvalue weighted by Crippen LogP contribution is -2.12. The van der Waals surface area contributed by atoms with E-state index in [9.17, 15) is 0 Å². The number of methoxy groups -OCH3 is 1. The monoisotopic (exact) mass is 304 g/mol. The molecule has 0 aliphatic rings. The van der Waals surface area contributed by atoms with Gasteiger partial charge >= 0.3 is 0 Å². The fourth-order valence-corrected chi connectivity index (χ4v) is 2.47. The van der Waals surface area contributed by atoms with E-state index in [1.54, 1.807) is 7.11 Å². The number of ether oxygens (including phenoxy) is 1. The van der Waals surface area contributed by atoms with Crippen molar-refractivity contribution in [3.05, 3.63) is 58.6 Å². The van der Waals surface area contributed by atoms with Crippen LogP contribution in [0.1, 0.15) is 11.1 Å². The van der Waals surface area contributed by atoms with Crippen molar-refractivity contribution in [3.8, 4) is 5.75 Å². The van der Waals surface area contributed by atoms with E-state index in [1.165, 1.54) is 5.56 Å². The zero-order valence-corrected chi connectivity index (χ0v) is 13.4. The summed E-state index contributed by atoms with van der Waals surface area (Å²) in [6, 6.07) is 14.2. The van der Waals surface area contributed by atoms with Crippen LogP contribution in [0.15, 0.2) is 42.5 Å². The lowest BCUT2D eigenvalue weighted by atomic mass is 10.1. The summed E-state index contributed by atoms with van der Waals surface area (Å²) in [6.07, 6.45) is 0. The highest BCUT2D eigenvalue weighted by Crippen LogP contribution is 2.25. The Bertz CT molecular complexity index is 599. The third kappa shape index (κ3) is 4.38. The van der Waals surface area contributed by atoms with E-state index in [1.807, 2.05) is 24.3 Å². The Hall–Kier alpha value is -1.71. The van der Waals surface area contributed by atoms with Crippen molar-refractivity contribution in [2.75, 3.05) is 26.5 Å². The molecule has 0 spiro atoms. The number of hydrogen-bond acceptors (Lipinski definition) is 3. The van der Waals surface area contributed by atoms with Gasteiger partial charge in [-0.15, -0.1) is 0 Å². The average molecular weight is 305 g/mol. The van der Waals surface area contributed by atoms with E-state index in [0.717, 1.165) is 24.3 Å². The summed E-state index contributed by atoms with van der Waals surface area (Å²) in [6.45, 7) is 1.64. The Kier molecular flexibility index (Phi) is 5.48. The second-order valence-electron chi connectivity index (χ2n) is 5.22. The Balaban J connectivity index is 2.08. The third-order valence-corrected chi connectivity index (χ3v) is 3.50. The third-order valence-electron chi connectivity index (χ3n) is 3.20. The number of anilines is 1. The summed E-state index contributed by atoms with van der Waals surface area (Å²) < 4.78 is 5.17. The maximum absolute atomic E-state index is 6.15. The lowest BCUT2D eigenvalue weighted by Gasteiger charge is -2.16. The maximum atomic E-state index is 6.15. The molecule has 0 atom stereocenters. The van der Waals surface area contributed by atoms with Gasteiger partial charge in [0.05, 0.1) is 12.1 Å². The second-order valence-corrected chi connectivity index (χ2v) is 5.62. The van der Waals surface area contributed by atoms with Crippen LogP contribution >= 0.6 is 11.6 Å². The molecule has 0 aliphatic carbocycles. The molecule has 0 radical (unpaired) electrons. The molecule has 2 aromatic carbocycles. The van der Waals surface area contributed by atoms with Gasteiger partial charge in [-0.25, -0.2) is 0 Å². The molecule has 0 unspecified atom stereocenters. The molecule has 112 valence electrons. The number of nitrogens with zero attached hydrogens (tertiary/aromatic N) is 1. The Morgan fingerprint density at radius 2 is 1.90 bits per heavy atom. The van der Waals surface area contributed by atoms with Gasteiger partial charge in [-0.1, -0.05) is 35.9 Å². The van der Waals surface area contributed by atoms with E-state index in [-0.39, 0.29) is 0 Å². The van der Waals surface area contributed by atoms with Gasteiger partial charge in [0.25, 0.3) is 0 Å². The molecule has 2 aromatic rings. The smallest absolute Gasteiger partial charge is 0.137 e. The van der Waals surface area contributed by atoms with Crippen LogP contribution < -0.4 is 10.1 Å². The summed E-state index contributed by atoms with van der Waals surface area (Å²) >= 11 is 6.15. The standard InChI is InChI=1S/C17H21ClN2O/c1-20(2)12-14-6-4-5-7-16(14)19-11-13-8-9-17(21-3)15(18)10-13/h4-10,19H,11-12H2,1-3H3. The highest BCUT2D eigenvalue weighted by atomic mass is 35.5. The number of hydrogen-bond donors (Lipinski definition) is 1. The van der Waals surface area contributed by atoms with E-state index in [2.05, 4.69) is 42.5 Å². The minimum absolute atomic E-state index is 0.637. The predicted molar refractivity (Wildman–Crippen MR) is 89.2 cm³/mol. The molecule has 3 nitrogen and oxygen atoms in total. The first-order valence-corrected chi connectivity index (χ1v) is 7.27. The van der Waals surface area contributed by atoms with Crippen LogP contribution in [0.4, 0.5) is 5.69 Å². The normalized spacial score (nSPS) is 10.7. The number of benzene rings is 2. The van der Waals surface area contributed by atoms with Crippen LogP contribution in [0.3, 0.4) is 0 Å². The van der Waals surface area contributed by atoms with Gasteiger partial charge in [0.2, 0.25) is 0 Å². The molecule has 2 rings (SSSR count). The van der Waals surface area contributed by atoms with Gasteiger partial charge in [-0.2, -0.15) is 0 Å². The quantitative estimate of drug-likeness (QED) is 0.872. The molecular formula is C17H21ClN2O. The maximum Gasteiger partial charge on any atom is 0.137 e. The molecule has 0 amide bonds. The van der Waals surface area contributed by atoms with Crippen LogP contribution in [-0.2, 0) is 13.1 Å². The second kappa shape index (κ2) is 7.34. The van der Waals surface area contributed by atoms with E-state index < -0.39 is 0 Å². The van der Waals surface area contributed by atoms with Gasteiger partial charge in [0.15, 0.2) is 0 Å². The van der Waals surface area contributed by atoms with E-state index >= 15 is 0 Å². The van der Waals surface area contributed by atoms with Crippen molar-refractivity contribution in [2.24, 2.45) is 0 Å². The predicted octanol–water partition coefficient (Wildman–Crippen LogP) is 4.02. The first-order chi connectivity index (χ1) is 10.1. The van der Waals surface area contributed by atoms with Gasteiger partial charge in [-0.05, 0) is 43.4 Å². The number of nitrogens with one attached hydrogen (secondary N) is 1. The average Bonchev–Trinajstić information content (AvgIpc) is 2.46. The Labute approximate surface area is 131 Å². The molecular weight excluding hydrogens is 284 g/mol. The minimum atomic E-state index is 0.637. The molecule has 0 aliphatic heterocycles. The molecule has 0 aromatic heterocycles. The van der Waals surface area contributed by atoms with Crippen molar-refractivity contribution in [1.82, 2.24) is 4.90 Å². The SMILES string of the molecule is COc1ccc(CNc2ccccc2CN(C)C)cc1Cl. The van der Waals surface area contributed by atoms with Gasteiger partial charge in [0.1, 0.15) is 5.75 Å². The topological polar surface area (TPSA) is 24.5 Å². The first-order valence-electron chi connectivity index (χ1n) is 6.89. The Morgan fingerprint density at radius 3 is 2.57 bits per heavy atom. The Morgan fingerprint density at radius 1 is 1.14 bits per heavy atom. The van der Waals surface area contributed by atoms with Crippen molar-refractivity contribution in [3.63, 3.8) is 0 Å². The number of rotatable bonds is 6. The fourth-order valence-electron chi connectivity index (χ4n) is 2.19. The van der Waals surface area contributed by atoms with Crippen molar-refractivity contribution >= 4 is 17.3 Å². The molecule has 0 fully saturated rings. The summed E-state index contributed by atoms with van der Waals surface area (Å²) in [5.74, 6) is 0.702. The van der Waals surface area contributed by atoms with Gasteiger partial charge < -0.3 is 15.0 Å². The van der Waals surface area contributed by atoms with Crippen molar-refractivity contribution in [2.45, 2.75) is 13.1 Å². The first kappa shape index (κ1) is 15.7. The molecule has 0 heterocycles. The summed E-state index contributed by atoms with van der Waals surface area (Å²) in [4.78, 5) is 2.16. The molecule has 4 heteroatoms. The van der Waals surface area contributed by atoms with Gasteiger partial charge in [-0.3, -0.25) is 0 Å². The zero-order chi connectivity index (χ0) is 15.2. The van der Waals surface area contributed by atoms with Crippen LogP contribution in [0.5, 0.6) is 5.75 Å². The van der Waals surface area contributed by atoms with Crippen LogP contribution in [0.2, 0.25) is 5.02 Å². The van der Waals surface area contributed by atoms with Crippen molar-refractivity contribution < 1.29 is 4.74 Å². The highest BCUT2D eigenvalue weighted by molar-refractivity contribution is 6.32. The number of halogens is 1. The lowest BCUT2D eigenvalue weighted by molar-refractivity contribution is 0.403. The fraction of sp³-hybridized carbons (Fsp3) is 0.294. The molecule has 1 N–H and O–H groups in total. The minimum Gasteiger partial charge on any atom is -0.495 e. The van der Waals surface area contributed by atoms with E-state index in [0.29, 0.717) is 10.8 Å².